The summed E-state index contributed by atoms with van der Waals surface area (Å²) in [7, 11) is 0. The van der Waals surface area contributed by atoms with Crippen molar-refractivity contribution >= 4 is 16.8 Å². The lowest BCUT2D eigenvalue weighted by Crippen LogP contribution is -1.87. The highest BCUT2D eigenvalue weighted by molar-refractivity contribution is 5.94. The second kappa shape index (κ2) is 6.24. The minimum absolute atomic E-state index is 1.35. The van der Waals surface area contributed by atoms with Crippen molar-refractivity contribution in [2.45, 2.75) is 34.6 Å². The first-order valence-corrected chi connectivity index (χ1v) is 6.35. The Hall–Kier alpha value is -1.56. The van der Waals surface area contributed by atoms with E-state index in [2.05, 4.69) is 63.3 Å². The quantitative estimate of drug-likeness (QED) is 0.601. The van der Waals surface area contributed by atoms with Gasteiger partial charge in [-0.15, -0.1) is 0 Å². The Balaban J connectivity index is 0.000000686. The Kier molecular flexibility index (Phi) is 4.96. The highest BCUT2D eigenvalue weighted by Crippen LogP contribution is 2.26. The van der Waals surface area contributed by atoms with Crippen molar-refractivity contribution < 1.29 is 0 Å². The molecule has 0 saturated heterocycles. The van der Waals surface area contributed by atoms with Gasteiger partial charge in [-0.1, -0.05) is 56.3 Å². The molecule has 0 aliphatic carbocycles. The maximum Gasteiger partial charge on any atom is -0.0106 e. The molecule has 0 aromatic heterocycles. The highest BCUT2D eigenvalue weighted by atomic mass is 14.1. The van der Waals surface area contributed by atoms with Gasteiger partial charge in [0, 0.05) is 0 Å². The van der Waals surface area contributed by atoms with Crippen LogP contribution >= 0.6 is 0 Å². The molecule has 0 fully saturated rings. The van der Waals surface area contributed by atoms with Gasteiger partial charge in [-0.3, -0.25) is 0 Å². The summed E-state index contributed by atoms with van der Waals surface area (Å²) in [5, 5.41) is 2.71. The molecule has 2 aromatic rings. The average Bonchev–Trinajstić information content (AvgIpc) is 2.37. The van der Waals surface area contributed by atoms with Crippen molar-refractivity contribution in [1.82, 2.24) is 0 Å². The van der Waals surface area contributed by atoms with E-state index in [0.717, 1.165) is 0 Å². The van der Waals surface area contributed by atoms with Crippen molar-refractivity contribution in [2.75, 3.05) is 0 Å². The van der Waals surface area contributed by atoms with Crippen LogP contribution in [0.2, 0.25) is 0 Å². The lowest BCUT2D eigenvalue weighted by Gasteiger charge is -2.09. The third kappa shape index (κ3) is 2.76. The predicted octanol–water partition coefficient (Wildman–Crippen LogP) is 5.52. The summed E-state index contributed by atoms with van der Waals surface area (Å²) < 4.78 is 0. The predicted molar refractivity (Wildman–Crippen MR) is 79.5 cm³/mol. The van der Waals surface area contributed by atoms with Crippen LogP contribution in [0.4, 0.5) is 0 Å². The van der Waals surface area contributed by atoms with Crippen molar-refractivity contribution in [3.63, 3.8) is 0 Å². The Labute approximate surface area is 105 Å². The first kappa shape index (κ1) is 13.5. The van der Waals surface area contributed by atoms with Crippen LogP contribution in [0.5, 0.6) is 0 Å². The molecule has 0 bridgehead atoms. The van der Waals surface area contributed by atoms with Gasteiger partial charge in [0.25, 0.3) is 0 Å². The summed E-state index contributed by atoms with van der Waals surface area (Å²) in [6, 6.07) is 10.9. The van der Waals surface area contributed by atoms with Gasteiger partial charge in [-0.2, -0.15) is 0 Å². The maximum atomic E-state index is 2.26. The van der Waals surface area contributed by atoms with Crippen LogP contribution in [0.3, 0.4) is 0 Å². The molecule has 0 N–H and O–H groups in total. The summed E-state index contributed by atoms with van der Waals surface area (Å²) in [5.41, 5.74) is 4.05. The monoisotopic (exact) mass is 226 g/mol. The summed E-state index contributed by atoms with van der Waals surface area (Å²) in [6.45, 7) is 10.4. The molecule has 0 spiro atoms. The van der Waals surface area contributed by atoms with E-state index in [-0.39, 0.29) is 0 Å². The van der Waals surface area contributed by atoms with Crippen LogP contribution in [0.15, 0.2) is 36.4 Å². The fraction of sp³-hybridized carbons (Fsp3) is 0.294. The fourth-order valence-corrected chi connectivity index (χ4v) is 2.14. The number of rotatable bonds is 1. The number of fused-ring (bicyclic) bond motifs is 1. The fourth-order valence-electron chi connectivity index (χ4n) is 2.14. The molecule has 0 nitrogen and oxygen atoms in total. The number of benzene rings is 2. The van der Waals surface area contributed by atoms with Gasteiger partial charge >= 0.3 is 0 Å². The smallest absolute Gasteiger partial charge is 0.0106 e. The average molecular weight is 226 g/mol. The number of aryl methyl sites for hydroxylation is 2. The van der Waals surface area contributed by atoms with Crippen LogP contribution < -0.4 is 0 Å². The second-order valence-electron chi connectivity index (χ2n) is 3.97. The van der Waals surface area contributed by atoms with E-state index in [1.54, 1.807) is 0 Å². The van der Waals surface area contributed by atoms with E-state index in [1.165, 1.54) is 27.5 Å². The van der Waals surface area contributed by atoms with E-state index in [1.807, 2.05) is 13.8 Å². The van der Waals surface area contributed by atoms with Gasteiger partial charge in [0.2, 0.25) is 0 Å². The van der Waals surface area contributed by atoms with Crippen molar-refractivity contribution in [2.24, 2.45) is 0 Å². The third-order valence-corrected chi connectivity index (χ3v) is 2.83. The van der Waals surface area contributed by atoms with Gasteiger partial charge < -0.3 is 0 Å². The zero-order valence-electron chi connectivity index (χ0n) is 11.5. The summed E-state index contributed by atoms with van der Waals surface area (Å²) in [5.74, 6) is 0. The third-order valence-electron chi connectivity index (χ3n) is 2.83. The van der Waals surface area contributed by atoms with Gasteiger partial charge in [0.1, 0.15) is 0 Å². The molecule has 0 aliphatic heterocycles. The SMILES string of the molecule is C/C=C\c1c(C)cc(C)c2ccccc12.CC. The Morgan fingerprint density at radius 1 is 0.882 bits per heavy atom. The normalized spacial score (nSPS) is 10.4. The number of allylic oxidation sites excluding steroid dienone is 1. The zero-order valence-corrected chi connectivity index (χ0v) is 11.5. The Morgan fingerprint density at radius 2 is 1.47 bits per heavy atom. The van der Waals surface area contributed by atoms with Crippen molar-refractivity contribution in [1.29, 1.82) is 0 Å². The minimum Gasteiger partial charge on any atom is -0.0870 e. The summed E-state index contributed by atoms with van der Waals surface area (Å²) in [4.78, 5) is 0. The molecule has 0 atom stereocenters. The van der Waals surface area contributed by atoms with E-state index in [4.69, 9.17) is 0 Å². The number of hydrogen-bond acceptors (Lipinski definition) is 0. The van der Waals surface area contributed by atoms with Gasteiger partial charge in [-0.05, 0) is 48.2 Å². The molecular formula is C17H22. The van der Waals surface area contributed by atoms with Crippen LogP contribution in [-0.4, -0.2) is 0 Å². The molecule has 0 amide bonds. The largest absolute Gasteiger partial charge is 0.0870 e. The Morgan fingerprint density at radius 3 is 2.06 bits per heavy atom. The topological polar surface area (TPSA) is 0 Å². The summed E-state index contributed by atoms with van der Waals surface area (Å²) >= 11 is 0. The second-order valence-corrected chi connectivity index (χ2v) is 3.97. The Bertz CT molecular complexity index is 519. The first-order valence-electron chi connectivity index (χ1n) is 6.35. The van der Waals surface area contributed by atoms with E-state index >= 15 is 0 Å². The molecule has 2 rings (SSSR count). The van der Waals surface area contributed by atoms with Crippen molar-refractivity contribution in [3.05, 3.63) is 53.1 Å². The molecule has 0 saturated carbocycles. The molecule has 2 aromatic carbocycles. The van der Waals surface area contributed by atoms with Gasteiger partial charge in [0.15, 0.2) is 0 Å². The van der Waals surface area contributed by atoms with Gasteiger partial charge in [0.05, 0.1) is 0 Å². The van der Waals surface area contributed by atoms with Crippen LogP contribution in [-0.2, 0) is 0 Å². The van der Waals surface area contributed by atoms with Crippen LogP contribution in [0.25, 0.3) is 16.8 Å². The van der Waals surface area contributed by atoms with Gasteiger partial charge in [-0.25, -0.2) is 0 Å². The molecule has 0 unspecified atom stereocenters. The molecular weight excluding hydrogens is 204 g/mol. The summed E-state index contributed by atoms with van der Waals surface area (Å²) in [6.07, 6.45) is 4.29. The molecule has 0 radical (unpaired) electrons. The van der Waals surface area contributed by atoms with E-state index < -0.39 is 0 Å². The zero-order chi connectivity index (χ0) is 12.8. The number of hydrogen-bond donors (Lipinski definition) is 0. The van der Waals surface area contributed by atoms with E-state index in [0.29, 0.717) is 0 Å². The maximum absolute atomic E-state index is 2.26. The lowest BCUT2D eigenvalue weighted by molar-refractivity contribution is 1.41. The minimum atomic E-state index is 1.35. The molecule has 0 aliphatic rings. The lowest BCUT2D eigenvalue weighted by atomic mass is 9.96. The molecule has 90 valence electrons. The molecule has 0 heterocycles. The molecule has 17 heavy (non-hydrogen) atoms. The highest BCUT2D eigenvalue weighted by Gasteiger charge is 2.03. The van der Waals surface area contributed by atoms with Crippen LogP contribution in [0.1, 0.15) is 37.5 Å². The molecule has 0 heteroatoms. The van der Waals surface area contributed by atoms with E-state index in [9.17, 15) is 0 Å². The standard InChI is InChI=1S/C15H16.C2H6/c1-4-7-13-11(2)10-12(3)14-8-5-6-9-15(13)14;1-2/h4-10H,1-3H3;1-2H3/b7-4-;. The van der Waals surface area contributed by atoms with Crippen LogP contribution in [0, 0.1) is 13.8 Å². The first-order chi connectivity index (χ1) is 8.24. The van der Waals surface area contributed by atoms with Crippen molar-refractivity contribution in [3.8, 4) is 0 Å².